The molecule has 0 spiro atoms. The third-order valence-electron chi connectivity index (χ3n) is 10.3. The van der Waals surface area contributed by atoms with Crippen molar-refractivity contribution in [2.75, 3.05) is 20.3 Å². The van der Waals surface area contributed by atoms with E-state index in [9.17, 15) is 23.4 Å². The molecule has 294 valence electrons. The minimum absolute atomic E-state index is 0.0283. The predicted octanol–water partition coefficient (Wildman–Crippen LogP) is 4.53. The number of carbonyl (C=O) groups is 4. The van der Waals surface area contributed by atoms with Crippen LogP contribution < -0.4 is 29.6 Å². The van der Waals surface area contributed by atoms with Gasteiger partial charge >= 0.3 is 6.09 Å². The van der Waals surface area contributed by atoms with Gasteiger partial charge in [-0.3, -0.25) is 19.1 Å². The first kappa shape index (κ1) is 39.3. The van der Waals surface area contributed by atoms with Gasteiger partial charge in [-0.15, -0.1) is 0 Å². The first-order valence-corrected chi connectivity index (χ1v) is 20.2. The van der Waals surface area contributed by atoms with Crippen molar-refractivity contribution in [2.24, 2.45) is 5.92 Å². The molecule has 0 radical (unpaired) electrons. The van der Waals surface area contributed by atoms with E-state index in [0.29, 0.717) is 54.2 Å². The predicted molar refractivity (Wildman–Crippen MR) is 202 cm³/mol. The van der Waals surface area contributed by atoms with Gasteiger partial charge in [-0.2, -0.15) is 0 Å². The number of allylic oxidation sites excluding steroid dienone is 1. The molecule has 3 N–H and O–H groups in total. The Morgan fingerprint density at radius 3 is 2.59 bits per heavy atom. The summed E-state index contributed by atoms with van der Waals surface area (Å²) < 4.78 is 38.9. The molecule has 4 aliphatic rings. The zero-order chi connectivity index (χ0) is 38.8. The number of hydrogen-bond acceptors (Lipinski definition) is 10. The molecule has 2 saturated carbocycles. The molecule has 0 bridgehead atoms. The second-order valence-corrected chi connectivity index (χ2v) is 17.1. The minimum Gasteiger partial charge on any atom is -0.496 e. The van der Waals surface area contributed by atoms with Crippen LogP contribution in [0.2, 0.25) is 0 Å². The van der Waals surface area contributed by atoms with Gasteiger partial charge in [0.25, 0.3) is 5.91 Å². The van der Waals surface area contributed by atoms with Crippen LogP contribution in [0.15, 0.2) is 30.4 Å². The second kappa shape index (κ2) is 16.1. The molecular formula is C39H53N5O9S. The van der Waals surface area contributed by atoms with Gasteiger partial charge < -0.3 is 34.5 Å². The van der Waals surface area contributed by atoms with Crippen molar-refractivity contribution in [2.45, 2.75) is 127 Å². The van der Waals surface area contributed by atoms with Crippen molar-refractivity contribution in [1.82, 2.24) is 25.2 Å². The molecule has 6 rings (SSSR count). The number of rotatable bonds is 9. The number of nitrogens with zero attached hydrogens (tertiary/aromatic N) is 2. The second-order valence-electron chi connectivity index (χ2n) is 15.6. The summed E-state index contributed by atoms with van der Waals surface area (Å²) in [6.45, 7) is 9.39. The first-order valence-electron chi connectivity index (χ1n) is 19.0. The molecule has 2 aromatic rings. The van der Waals surface area contributed by atoms with Crippen LogP contribution in [0, 0.1) is 12.8 Å². The fourth-order valence-electron chi connectivity index (χ4n) is 7.24. The summed E-state index contributed by atoms with van der Waals surface area (Å²) in [6, 6.07) is 3.36. The Labute approximate surface area is 319 Å². The van der Waals surface area contributed by atoms with Crippen molar-refractivity contribution < 1.29 is 42.3 Å². The summed E-state index contributed by atoms with van der Waals surface area (Å²) in [6.07, 6.45) is 7.98. The molecule has 14 nitrogen and oxygen atoms in total. The smallest absolute Gasteiger partial charge is 0.408 e. The van der Waals surface area contributed by atoms with Gasteiger partial charge in [0, 0.05) is 29.4 Å². The number of benzene rings is 1. The number of hydrogen-bond donors (Lipinski definition) is 3. The SMILES string of the molecule is CCOc1cc(O[C@@H]2C[C@H]3C(=O)N[C@]4(C(=O)NS(=O)C5CC5)CC4/C=C\CCCCC[C@H](NC(=O)OC(C)(C)C)C(=O)N3C2)c2ccc(OC)c(C)c2n1. The lowest BCUT2D eigenvalue weighted by Crippen LogP contribution is -2.58. The first-order chi connectivity index (χ1) is 25.7. The number of nitrogens with one attached hydrogen (secondary N) is 3. The molecular weight excluding hydrogens is 715 g/mol. The van der Waals surface area contributed by atoms with E-state index in [1.807, 2.05) is 38.1 Å². The maximum Gasteiger partial charge on any atom is 0.408 e. The monoisotopic (exact) mass is 767 g/mol. The number of ether oxygens (including phenoxy) is 4. The normalized spacial score (nSPS) is 27.3. The molecule has 2 unspecified atom stereocenters. The highest BCUT2D eigenvalue weighted by Crippen LogP contribution is 2.46. The quantitative estimate of drug-likeness (QED) is 0.308. The number of methoxy groups -OCH3 is 1. The molecule has 4 amide bonds. The Bertz CT molecular complexity index is 1830. The number of fused-ring (bicyclic) bond motifs is 3. The lowest BCUT2D eigenvalue weighted by atomic mass is 10.0. The summed E-state index contributed by atoms with van der Waals surface area (Å²) in [5, 5.41) is 6.40. The molecule has 15 heteroatoms. The average molecular weight is 768 g/mol. The van der Waals surface area contributed by atoms with Crippen LogP contribution in [-0.2, 0) is 30.1 Å². The number of pyridine rings is 1. The summed E-state index contributed by atoms with van der Waals surface area (Å²) in [5.41, 5.74) is -0.665. The third kappa shape index (κ3) is 8.93. The Balaban J connectivity index is 1.33. The Morgan fingerprint density at radius 2 is 1.89 bits per heavy atom. The molecule has 3 fully saturated rings. The largest absolute Gasteiger partial charge is 0.496 e. The van der Waals surface area contributed by atoms with Crippen molar-refractivity contribution in [3.05, 3.63) is 35.9 Å². The molecule has 1 saturated heterocycles. The van der Waals surface area contributed by atoms with E-state index in [-0.39, 0.29) is 24.1 Å². The maximum absolute atomic E-state index is 14.6. The van der Waals surface area contributed by atoms with E-state index < -0.39 is 64.1 Å². The van der Waals surface area contributed by atoms with Crippen molar-refractivity contribution in [3.8, 4) is 17.4 Å². The van der Waals surface area contributed by atoms with Gasteiger partial charge in [0.15, 0.2) is 0 Å². The van der Waals surface area contributed by atoms with E-state index >= 15 is 0 Å². The zero-order valence-electron chi connectivity index (χ0n) is 32.0. The Morgan fingerprint density at radius 1 is 1.11 bits per heavy atom. The fraction of sp³-hybridized carbons (Fsp3) is 0.615. The highest BCUT2D eigenvalue weighted by Gasteiger charge is 2.61. The van der Waals surface area contributed by atoms with Gasteiger partial charge in [0.1, 0.15) is 51.8 Å². The van der Waals surface area contributed by atoms with E-state index in [2.05, 4.69) is 15.4 Å². The lowest BCUT2D eigenvalue weighted by molar-refractivity contribution is -0.141. The van der Waals surface area contributed by atoms with Gasteiger partial charge in [-0.25, -0.2) is 14.0 Å². The fourth-order valence-corrected chi connectivity index (χ4v) is 8.34. The number of aryl methyl sites for hydroxylation is 1. The molecule has 54 heavy (non-hydrogen) atoms. The van der Waals surface area contributed by atoms with E-state index in [0.717, 1.165) is 37.7 Å². The maximum atomic E-state index is 14.6. The standard InChI is InChI=1S/C39H53N5O9S/c1-7-51-32-20-31(27-17-18-30(50-6)23(2)33(27)41-32)52-25-19-29-34(45)42-39(36(47)43-54(49)26-15-16-26)21-24(39)13-11-9-8-10-12-14-28(35(46)44(29)22-25)40-37(48)53-38(3,4)5/h11,13,17-18,20,24-26,28-29H,7-10,12,14-16,19,21-22H2,1-6H3,(H,40,48)(H,42,45)(H,43,47)/b13-11-/t24?,25-,28+,29+,39-,54?/m1/s1. The van der Waals surface area contributed by atoms with Crippen LogP contribution in [0.4, 0.5) is 4.79 Å². The van der Waals surface area contributed by atoms with Crippen molar-refractivity contribution in [3.63, 3.8) is 0 Å². The molecule has 1 aromatic heterocycles. The number of alkyl carbamates (subject to hydrolysis) is 1. The van der Waals surface area contributed by atoms with Crippen molar-refractivity contribution in [1.29, 1.82) is 0 Å². The van der Waals surface area contributed by atoms with Gasteiger partial charge in [0.2, 0.25) is 17.7 Å². The zero-order valence-corrected chi connectivity index (χ0v) is 32.8. The van der Waals surface area contributed by atoms with Gasteiger partial charge in [0.05, 0.1) is 31.0 Å². The molecule has 6 atom stereocenters. The highest BCUT2D eigenvalue weighted by atomic mass is 32.2. The number of amides is 4. The molecule has 3 heterocycles. The van der Waals surface area contributed by atoms with Crippen molar-refractivity contribution >= 4 is 45.7 Å². The molecule has 2 aliphatic heterocycles. The molecule has 2 aliphatic carbocycles. The minimum atomic E-state index is -1.55. The third-order valence-corrected chi connectivity index (χ3v) is 11.7. The van der Waals surface area contributed by atoms with E-state index in [4.69, 9.17) is 23.9 Å². The van der Waals surface area contributed by atoms with Gasteiger partial charge in [-0.05, 0) is 85.3 Å². The Hall–Kier alpha value is -4.40. The highest BCUT2D eigenvalue weighted by molar-refractivity contribution is 7.84. The topological polar surface area (TPSA) is 174 Å². The Kier molecular flexibility index (Phi) is 11.7. The van der Waals surface area contributed by atoms with Crippen LogP contribution in [-0.4, -0.2) is 92.7 Å². The number of carbonyl (C=O) groups excluding carboxylic acids is 4. The van der Waals surface area contributed by atoms with E-state index in [1.165, 1.54) is 4.90 Å². The lowest BCUT2D eigenvalue weighted by Gasteiger charge is -2.30. The van der Waals surface area contributed by atoms with Crippen LogP contribution in [0.5, 0.6) is 17.4 Å². The van der Waals surface area contributed by atoms with Gasteiger partial charge in [-0.1, -0.05) is 25.0 Å². The van der Waals surface area contributed by atoms with Crippen LogP contribution in [0.3, 0.4) is 0 Å². The van der Waals surface area contributed by atoms with Crippen LogP contribution >= 0.6 is 0 Å². The van der Waals surface area contributed by atoms with Crippen LogP contribution in [0.1, 0.15) is 91.0 Å². The number of aromatic nitrogens is 1. The summed E-state index contributed by atoms with van der Waals surface area (Å²) in [4.78, 5) is 61.9. The molecule has 1 aromatic carbocycles. The van der Waals surface area contributed by atoms with E-state index in [1.54, 1.807) is 33.9 Å². The summed E-state index contributed by atoms with van der Waals surface area (Å²) in [5.74, 6) is -0.296. The average Bonchev–Trinajstić information content (AvgIpc) is 4.03. The summed E-state index contributed by atoms with van der Waals surface area (Å²) >= 11 is 0. The van der Waals surface area contributed by atoms with Crippen LogP contribution in [0.25, 0.3) is 10.9 Å². The summed E-state index contributed by atoms with van der Waals surface area (Å²) in [7, 11) is 0.0423.